The van der Waals surface area contributed by atoms with Crippen LogP contribution in [0.4, 0.5) is 0 Å². The number of oxime groups is 1. The summed E-state index contributed by atoms with van der Waals surface area (Å²) in [5, 5.41) is 14.4. The van der Waals surface area contributed by atoms with Crippen LogP contribution >= 0.6 is 23.2 Å². The normalized spacial score (nSPS) is 11.9. The zero-order valence-corrected chi connectivity index (χ0v) is 13.0. The van der Waals surface area contributed by atoms with Gasteiger partial charge in [-0.3, -0.25) is 0 Å². The summed E-state index contributed by atoms with van der Waals surface area (Å²) in [5.74, 6) is 0.981. The SMILES string of the molecule is COc1cccc2cc(/C(=N/O)c3ccc(Cl)cc3Cl)oc12. The molecule has 0 aliphatic rings. The zero-order valence-electron chi connectivity index (χ0n) is 11.5. The highest BCUT2D eigenvalue weighted by atomic mass is 35.5. The van der Waals surface area contributed by atoms with Gasteiger partial charge in [0.1, 0.15) is 0 Å². The molecular formula is C16H11Cl2NO3. The first-order valence-electron chi connectivity index (χ1n) is 6.38. The number of nitrogens with zero attached hydrogens (tertiary/aromatic N) is 1. The van der Waals surface area contributed by atoms with Crippen molar-refractivity contribution in [2.75, 3.05) is 7.11 Å². The van der Waals surface area contributed by atoms with Crippen LogP contribution in [0.25, 0.3) is 11.0 Å². The molecule has 0 fully saturated rings. The van der Waals surface area contributed by atoms with Crippen LogP contribution in [0.1, 0.15) is 11.3 Å². The number of hydrogen-bond donors (Lipinski definition) is 1. The van der Waals surface area contributed by atoms with E-state index in [2.05, 4.69) is 5.16 Å². The Labute approximate surface area is 136 Å². The summed E-state index contributed by atoms with van der Waals surface area (Å²) in [6, 6.07) is 12.2. The minimum Gasteiger partial charge on any atom is -0.493 e. The minimum atomic E-state index is 0.222. The number of hydrogen-bond acceptors (Lipinski definition) is 4. The zero-order chi connectivity index (χ0) is 15.7. The summed E-state index contributed by atoms with van der Waals surface area (Å²) in [7, 11) is 1.56. The van der Waals surface area contributed by atoms with Gasteiger partial charge in [-0.25, -0.2) is 0 Å². The van der Waals surface area contributed by atoms with E-state index in [4.69, 9.17) is 32.4 Å². The summed E-state index contributed by atoms with van der Waals surface area (Å²) in [4.78, 5) is 0. The van der Waals surface area contributed by atoms with Gasteiger partial charge < -0.3 is 14.4 Å². The van der Waals surface area contributed by atoms with Crippen LogP contribution in [0.3, 0.4) is 0 Å². The molecule has 0 aliphatic carbocycles. The van der Waals surface area contributed by atoms with Crippen LogP contribution in [-0.2, 0) is 0 Å². The van der Waals surface area contributed by atoms with Gasteiger partial charge in [0.25, 0.3) is 0 Å². The Bertz CT molecular complexity index is 871. The van der Waals surface area contributed by atoms with E-state index in [0.29, 0.717) is 32.7 Å². The molecule has 0 atom stereocenters. The van der Waals surface area contributed by atoms with Gasteiger partial charge in [-0.15, -0.1) is 0 Å². The molecule has 112 valence electrons. The Morgan fingerprint density at radius 3 is 2.68 bits per heavy atom. The van der Waals surface area contributed by atoms with Gasteiger partial charge in [0.05, 0.1) is 12.1 Å². The predicted octanol–water partition coefficient (Wildman–Crippen LogP) is 4.97. The maximum Gasteiger partial charge on any atom is 0.176 e. The second kappa shape index (κ2) is 5.91. The quantitative estimate of drug-likeness (QED) is 0.417. The Hall–Kier alpha value is -2.17. The first-order valence-corrected chi connectivity index (χ1v) is 7.14. The van der Waals surface area contributed by atoms with Crippen molar-refractivity contribution in [1.29, 1.82) is 0 Å². The van der Waals surface area contributed by atoms with Crippen molar-refractivity contribution < 1.29 is 14.4 Å². The number of benzene rings is 2. The third-order valence-corrected chi connectivity index (χ3v) is 3.80. The fourth-order valence-electron chi connectivity index (χ4n) is 2.23. The Morgan fingerprint density at radius 1 is 1.18 bits per heavy atom. The number of methoxy groups -OCH3 is 1. The van der Waals surface area contributed by atoms with E-state index in [0.717, 1.165) is 5.39 Å². The van der Waals surface area contributed by atoms with E-state index in [1.807, 2.05) is 12.1 Å². The summed E-state index contributed by atoms with van der Waals surface area (Å²) < 4.78 is 11.0. The van der Waals surface area contributed by atoms with E-state index >= 15 is 0 Å². The number of halogens is 2. The summed E-state index contributed by atoms with van der Waals surface area (Å²) in [6.07, 6.45) is 0. The highest BCUT2D eigenvalue weighted by Crippen LogP contribution is 2.31. The van der Waals surface area contributed by atoms with Gasteiger partial charge in [0.2, 0.25) is 0 Å². The second-order valence-electron chi connectivity index (χ2n) is 4.56. The van der Waals surface area contributed by atoms with Crippen LogP contribution in [-0.4, -0.2) is 18.0 Å². The molecule has 2 aromatic carbocycles. The number of fused-ring (bicyclic) bond motifs is 1. The summed E-state index contributed by atoms with van der Waals surface area (Å²) in [5.41, 5.74) is 1.32. The number of para-hydroxylation sites is 1. The topological polar surface area (TPSA) is 55.0 Å². The fraction of sp³-hybridized carbons (Fsp3) is 0.0625. The minimum absolute atomic E-state index is 0.222. The molecule has 4 nitrogen and oxygen atoms in total. The molecule has 0 bridgehead atoms. The molecule has 22 heavy (non-hydrogen) atoms. The van der Waals surface area contributed by atoms with E-state index < -0.39 is 0 Å². The molecule has 0 saturated carbocycles. The lowest BCUT2D eigenvalue weighted by Gasteiger charge is -2.04. The Balaban J connectivity index is 2.16. The first-order chi connectivity index (χ1) is 10.6. The molecule has 1 N–H and O–H groups in total. The number of rotatable bonds is 3. The lowest BCUT2D eigenvalue weighted by Crippen LogP contribution is -2.02. The average Bonchev–Trinajstić information content (AvgIpc) is 2.93. The van der Waals surface area contributed by atoms with Crippen molar-refractivity contribution in [2.24, 2.45) is 5.16 Å². The molecular weight excluding hydrogens is 325 g/mol. The molecule has 6 heteroatoms. The van der Waals surface area contributed by atoms with Crippen LogP contribution in [0.15, 0.2) is 52.0 Å². The first kappa shape index (κ1) is 14.8. The Kier molecular flexibility index (Phi) is 3.96. The lowest BCUT2D eigenvalue weighted by atomic mass is 10.1. The van der Waals surface area contributed by atoms with Crippen molar-refractivity contribution in [1.82, 2.24) is 0 Å². The van der Waals surface area contributed by atoms with Gasteiger partial charge in [-0.2, -0.15) is 0 Å². The van der Waals surface area contributed by atoms with E-state index in [9.17, 15) is 5.21 Å². The van der Waals surface area contributed by atoms with Gasteiger partial charge in [-0.05, 0) is 30.3 Å². The van der Waals surface area contributed by atoms with Gasteiger partial charge >= 0.3 is 0 Å². The maximum absolute atomic E-state index is 9.38. The smallest absolute Gasteiger partial charge is 0.176 e. The van der Waals surface area contributed by atoms with E-state index in [1.165, 1.54) is 0 Å². The lowest BCUT2D eigenvalue weighted by molar-refractivity contribution is 0.318. The second-order valence-corrected chi connectivity index (χ2v) is 5.41. The monoisotopic (exact) mass is 335 g/mol. The molecule has 0 spiro atoms. The largest absolute Gasteiger partial charge is 0.493 e. The molecule has 1 aromatic heterocycles. The van der Waals surface area contributed by atoms with Gasteiger partial charge in [0, 0.05) is 16.0 Å². The number of ether oxygens (including phenoxy) is 1. The van der Waals surface area contributed by atoms with Crippen molar-refractivity contribution >= 4 is 39.9 Å². The van der Waals surface area contributed by atoms with Crippen LogP contribution in [0.2, 0.25) is 10.0 Å². The van der Waals surface area contributed by atoms with Crippen molar-refractivity contribution in [3.63, 3.8) is 0 Å². The van der Waals surface area contributed by atoms with Gasteiger partial charge in [-0.1, -0.05) is 40.5 Å². The van der Waals surface area contributed by atoms with Gasteiger partial charge in [0.15, 0.2) is 22.8 Å². The average molecular weight is 336 g/mol. The molecule has 0 saturated heterocycles. The number of furan rings is 1. The van der Waals surface area contributed by atoms with Crippen molar-refractivity contribution in [3.8, 4) is 5.75 Å². The highest BCUT2D eigenvalue weighted by molar-refractivity contribution is 6.37. The predicted molar refractivity (Wildman–Crippen MR) is 86.7 cm³/mol. The fourth-order valence-corrected chi connectivity index (χ4v) is 2.73. The molecule has 0 aliphatic heterocycles. The third-order valence-electron chi connectivity index (χ3n) is 3.25. The highest BCUT2D eigenvalue weighted by Gasteiger charge is 2.18. The summed E-state index contributed by atoms with van der Waals surface area (Å²) >= 11 is 12.1. The van der Waals surface area contributed by atoms with E-state index in [-0.39, 0.29) is 5.71 Å². The molecule has 0 radical (unpaired) electrons. The van der Waals surface area contributed by atoms with E-state index in [1.54, 1.807) is 37.4 Å². The van der Waals surface area contributed by atoms with Crippen LogP contribution < -0.4 is 4.74 Å². The van der Waals surface area contributed by atoms with Crippen molar-refractivity contribution in [3.05, 3.63) is 63.8 Å². The molecule has 3 aromatic rings. The molecule has 0 amide bonds. The van der Waals surface area contributed by atoms with Crippen LogP contribution in [0.5, 0.6) is 5.75 Å². The summed E-state index contributed by atoms with van der Waals surface area (Å²) in [6.45, 7) is 0. The maximum atomic E-state index is 9.38. The standard InChI is InChI=1S/C16H11Cl2NO3/c1-21-13-4-2-3-9-7-14(22-16(9)13)15(19-20)11-6-5-10(17)8-12(11)18/h2-8,20H,1H3/b19-15+. The Morgan fingerprint density at radius 2 is 2.00 bits per heavy atom. The van der Waals surface area contributed by atoms with Crippen LogP contribution in [0, 0.1) is 0 Å². The van der Waals surface area contributed by atoms with Crippen molar-refractivity contribution in [2.45, 2.75) is 0 Å². The molecule has 0 unspecified atom stereocenters. The third kappa shape index (κ3) is 2.51. The molecule has 3 rings (SSSR count). The molecule has 1 heterocycles.